The average Bonchev–Trinajstić information content (AvgIpc) is 2.77. The third-order valence-corrected chi connectivity index (χ3v) is 5.88. The van der Waals surface area contributed by atoms with Gasteiger partial charge in [-0.3, -0.25) is 0 Å². The lowest BCUT2D eigenvalue weighted by atomic mass is 9.96. The van der Waals surface area contributed by atoms with E-state index in [1.165, 1.54) is 24.6 Å². The van der Waals surface area contributed by atoms with Gasteiger partial charge >= 0.3 is 6.36 Å². The van der Waals surface area contributed by atoms with Gasteiger partial charge in [-0.05, 0) is 42.7 Å². The van der Waals surface area contributed by atoms with Crippen LogP contribution in [0.3, 0.4) is 0 Å². The molecule has 0 atom stereocenters. The second-order valence-corrected chi connectivity index (χ2v) is 8.92. The minimum atomic E-state index is -4.76. The molecule has 2 aromatic carbocycles. The van der Waals surface area contributed by atoms with Crippen LogP contribution in [0.15, 0.2) is 59.1 Å². The summed E-state index contributed by atoms with van der Waals surface area (Å²) in [6, 6.07) is 15.7. The highest BCUT2D eigenvalue weighted by atomic mass is 79.9. The summed E-state index contributed by atoms with van der Waals surface area (Å²) in [7, 11) is 0. The zero-order valence-corrected chi connectivity index (χ0v) is 19.4. The third kappa shape index (κ3) is 7.08. The van der Waals surface area contributed by atoms with Crippen LogP contribution in [0.2, 0.25) is 0 Å². The van der Waals surface area contributed by atoms with Crippen molar-refractivity contribution in [3.8, 4) is 17.0 Å². The van der Waals surface area contributed by atoms with E-state index in [4.69, 9.17) is 0 Å². The van der Waals surface area contributed by atoms with Crippen LogP contribution in [-0.2, 0) is 6.54 Å². The Bertz CT molecular complexity index is 1090. The van der Waals surface area contributed by atoms with Crippen LogP contribution in [0, 0.1) is 0 Å². The molecule has 0 unspecified atom stereocenters. The summed E-state index contributed by atoms with van der Waals surface area (Å²) < 4.78 is 43.1. The molecule has 9 heteroatoms. The maximum Gasteiger partial charge on any atom is 0.573 e. The second kappa shape index (κ2) is 10.4. The van der Waals surface area contributed by atoms with Gasteiger partial charge < -0.3 is 15.4 Å². The molecule has 1 saturated carbocycles. The van der Waals surface area contributed by atoms with E-state index < -0.39 is 6.36 Å². The second-order valence-electron chi connectivity index (χ2n) is 8.00. The van der Waals surface area contributed by atoms with Crippen LogP contribution in [-0.4, -0.2) is 22.4 Å². The summed E-state index contributed by atoms with van der Waals surface area (Å²) in [5.41, 5.74) is 2.08. The molecule has 0 saturated heterocycles. The van der Waals surface area contributed by atoms with Gasteiger partial charge in [-0.15, -0.1) is 13.2 Å². The van der Waals surface area contributed by atoms with Gasteiger partial charge in [0.15, 0.2) is 0 Å². The highest BCUT2D eigenvalue weighted by Gasteiger charge is 2.31. The van der Waals surface area contributed by atoms with Crippen molar-refractivity contribution >= 4 is 27.7 Å². The lowest BCUT2D eigenvalue weighted by Crippen LogP contribution is -2.23. The van der Waals surface area contributed by atoms with Crippen molar-refractivity contribution in [3.05, 3.63) is 64.6 Å². The summed E-state index contributed by atoms with van der Waals surface area (Å²) in [6.45, 7) is 0.538. The third-order valence-electron chi connectivity index (χ3n) is 5.39. The SMILES string of the molecule is FC(F)(F)Oc1cccc(-c2cc(NCc3cccc(Br)c3)nc(NC3CCCCC3)n2)c1. The lowest BCUT2D eigenvalue weighted by molar-refractivity contribution is -0.274. The number of ether oxygens (including phenoxy) is 1. The molecule has 0 aliphatic heterocycles. The van der Waals surface area contributed by atoms with E-state index in [9.17, 15) is 13.2 Å². The predicted molar refractivity (Wildman–Crippen MR) is 126 cm³/mol. The molecule has 1 aliphatic carbocycles. The first-order valence-electron chi connectivity index (χ1n) is 10.8. The molecule has 174 valence electrons. The van der Waals surface area contributed by atoms with Gasteiger partial charge in [0.05, 0.1) is 5.69 Å². The van der Waals surface area contributed by atoms with Gasteiger partial charge in [0.2, 0.25) is 5.95 Å². The maximum atomic E-state index is 12.7. The summed E-state index contributed by atoms with van der Waals surface area (Å²) >= 11 is 3.47. The van der Waals surface area contributed by atoms with E-state index in [2.05, 4.69) is 41.3 Å². The zero-order chi connectivity index (χ0) is 23.3. The number of hydrogen-bond acceptors (Lipinski definition) is 5. The van der Waals surface area contributed by atoms with Crippen molar-refractivity contribution < 1.29 is 17.9 Å². The fourth-order valence-electron chi connectivity index (χ4n) is 3.87. The molecule has 0 radical (unpaired) electrons. The van der Waals surface area contributed by atoms with Gasteiger partial charge in [-0.2, -0.15) is 4.98 Å². The topological polar surface area (TPSA) is 59.1 Å². The zero-order valence-electron chi connectivity index (χ0n) is 17.8. The number of benzene rings is 2. The Kier molecular flexibility index (Phi) is 7.37. The quantitative estimate of drug-likeness (QED) is 0.346. The monoisotopic (exact) mass is 520 g/mol. The summed E-state index contributed by atoms with van der Waals surface area (Å²) in [5.74, 6) is 0.753. The number of alkyl halides is 3. The molecular formula is C24H24BrF3N4O. The van der Waals surface area contributed by atoms with Crippen molar-refractivity contribution in [2.75, 3.05) is 10.6 Å². The molecule has 1 aliphatic rings. The fraction of sp³-hybridized carbons (Fsp3) is 0.333. The Morgan fingerprint density at radius 1 is 0.970 bits per heavy atom. The van der Waals surface area contributed by atoms with Crippen LogP contribution >= 0.6 is 15.9 Å². The van der Waals surface area contributed by atoms with E-state index in [0.717, 1.165) is 35.7 Å². The molecule has 1 fully saturated rings. The standard InChI is InChI=1S/C24H24BrF3N4O/c25-18-8-4-6-16(12-18)15-29-22-14-21(17-7-5-11-20(13-17)33-24(26,27)28)31-23(32-22)30-19-9-2-1-3-10-19/h4-8,11-14,19H,1-3,9-10,15H2,(H2,29,30,31,32). The molecule has 1 heterocycles. The molecule has 0 bridgehead atoms. The molecule has 3 aromatic rings. The molecule has 1 aromatic heterocycles. The highest BCUT2D eigenvalue weighted by molar-refractivity contribution is 9.10. The molecule has 0 amide bonds. The first-order valence-corrected chi connectivity index (χ1v) is 11.6. The summed E-state index contributed by atoms with van der Waals surface area (Å²) in [5, 5.41) is 6.72. The first kappa shape index (κ1) is 23.4. The summed E-state index contributed by atoms with van der Waals surface area (Å²) in [4.78, 5) is 9.21. The minimum absolute atomic E-state index is 0.284. The number of nitrogens with one attached hydrogen (secondary N) is 2. The normalized spacial score (nSPS) is 14.7. The van der Waals surface area contributed by atoms with Crippen molar-refractivity contribution in [1.82, 2.24) is 9.97 Å². The molecular weight excluding hydrogens is 497 g/mol. The van der Waals surface area contributed by atoms with Gasteiger partial charge in [-0.25, -0.2) is 4.98 Å². The number of nitrogens with zero attached hydrogens (tertiary/aromatic N) is 2. The first-order chi connectivity index (χ1) is 15.8. The molecule has 33 heavy (non-hydrogen) atoms. The Balaban J connectivity index is 1.61. The van der Waals surface area contributed by atoms with E-state index >= 15 is 0 Å². The van der Waals surface area contributed by atoms with Crippen LogP contribution in [0.25, 0.3) is 11.3 Å². The Hall–Kier alpha value is -2.81. The fourth-order valence-corrected chi connectivity index (χ4v) is 4.32. The van der Waals surface area contributed by atoms with Crippen LogP contribution < -0.4 is 15.4 Å². The molecule has 5 nitrogen and oxygen atoms in total. The van der Waals surface area contributed by atoms with E-state index in [0.29, 0.717) is 29.6 Å². The molecule has 2 N–H and O–H groups in total. The van der Waals surface area contributed by atoms with Crippen molar-refractivity contribution in [2.24, 2.45) is 0 Å². The number of hydrogen-bond donors (Lipinski definition) is 2. The smallest absolute Gasteiger partial charge is 0.406 e. The van der Waals surface area contributed by atoms with E-state index in [1.807, 2.05) is 24.3 Å². The maximum absolute atomic E-state index is 12.7. The van der Waals surface area contributed by atoms with Crippen LogP contribution in [0.1, 0.15) is 37.7 Å². The van der Waals surface area contributed by atoms with Gasteiger partial charge in [-0.1, -0.05) is 59.5 Å². The number of halogens is 4. The van der Waals surface area contributed by atoms with Crippen molar-refractivity contribution in [3.63, 3.8) is 0 Å². The molecule has 4 rings (SSSR count). The number of anilines is 2. The lowest BCUT2D eigenvalue weighted by Gasteiger charge is -2.23. The highest BCUT2D eigenvalue weighted by Crippen LogP contribution is 2.29. The van der Waals surface area contributed by atoms with Gasteiger partial charge in [0.25, 0.3) is 0 Å². The largest absolute Gasteiger partial charge is 0.573 e. The van der Waals surface area contributed by atoms with Crippen molar-refractivity contribution in [2.45, 2.75) is 51.1 Å². The number of rotatable bonds is 7. The summed E-state index contributed by atoms with van der Waals surface area (Å²) in [6.07, 6.45) is 0.871. The Labute approximate surface area is 198 Å². The number of aromatic nitrogens is 2. The van der Waals surface area contributed by atoms with Gasteiger partial charge in [0.1, 0.15) is 11.6 Å². The van der Waals surface area contributed by atoms with Crippen LogP contribution in [0.4, 0.5) is 24.9 Å². The molecule has 0 spiro atoms. The minimum Gasteiger partial charge on any atom is -0.406 e. The predicted octanol–water partition coefficient (Wildman–Crippen LogP) is 7.16. The van der Waals surface area contributed by atoms with Gasteiger partial charge in [0, 0.05) is 28.7 Å². The van der Waals surface area contributed by atoms with E-state index in [-0.39, 0.29) is 11.8 Å². The average molecular weight is 521 g/mol. The van der Waals surface area contributed by atoms with E-state index in [1.54, 1.807) is 12.1 Å². The Morgan fingerprint density at radius 3 is 2.52 bits per heavy atom. The Morgan fingerprint density at radius 2 is 1.76 bits per heavy atom. The van der Waals surface area contributed by atoms with Crippen LogP contribution in [0.5, 0.6) is 5.75 Å². The van der Waals surface area contributed by atoms with Crippen molar-refractivity contribution in [1.29, 1.82) is 0 Å².